The van der Waals surface area contributed by atoms with Crippen LogP contribution in [0.25, 0.3) is 0 Å². The monoisotopic (exact) mass is 886 g/mol. The van der Waals surface area contributed by atoms with E-state index in [1.54, 1.807) is 0 Å². The van der Waals surface area contributed by atoms with E-state index in [1.807, 2.05) is 18.2 Å². The van der Waals surface area contributed by atoms with Gasteiger partial charge >= 0.3 is 31.1 Å². The minimum Gasteiger partial charge on any atom is -0.358 e. The van der Waals surface area contributed by atoms with Crippen molar-refractivity contribution in [3.05, 3.63) is 49.7 Å². The molecule has 0 N–H and O–H groups in total. The maximum Gasteiger partial charge on any atom is 2.00 e. The molecule has 0 aromatic heterocycles. The van der Waals surface area contributed by atoms with Gasteiger partial charge in [0.2, 0.25) is 0 Å². The predicted octanol–water partition coefficient (Wildman–Crippen LogP) is 3.27. The number of hydrogen-bond donors (Lipinski definition) is 0. The molecule has 80 valence electrons. The number of benzene rings is 1. The molecule has 0 spiro atoms. The van der Waals surface area contributed by atoms with E-state index in [1.165, 1.54) is 5.56 Å². The van der Waals surface area contributed by atoms with Gasteiger partial charge in [0, 0.05) is 74.2 Å². The van der Waals surface area contributed by atoms with Crippen molar-refractivity contribution in [3.8, 4) is 11.8 Å². The van der Waals surface area contributed by atoms with E-state index in [-0.39, 0.29) is 101 Å². The van der Waals surface area contributed by atoms with Crippen LogP contribution in [-0.2, 0) is 6.42 Å². The molecule has 1 aromatic carbocycles. The average Bonchev–Trinajstić information content (AvgIpc) is 2.15. The molecule has 0 radical (unpaired) electrons. The second-order valence-corrected chi connectivity index (χ2v) is 2.56. The number of hydrogen-bond acceptors (Lipinski definition) is 0. The van der Waals surface area contributed by atoms with Crippen molar-refractivity contribution < 1.29 is 93.3 Å². The summed E-state index contributed by atoms with van der Waals surface area (Å²) in [6, 6.07) is 8.16. The zero-order valence-corrected chi connectivity index (χ0v) is 22.4. The van der Waals surface area contributed by atoms with Gasteiger partial charge in [0.1, 0.15) is 0 Å². The molecular weight excluding hydrogens is 870 g/mol. The molecule has 0 heterocycles. The van der Waals surface area contributed by atoms with Crippen LogP contribution in [0.5, 0.6) is 0 Å². The number of rotatable bonds is 1. The fourth-order valence-electron chi connectivity index (χ4n) is 1.04. The van der Waals surface area contributed by atoms with Gasteiger partial charge in [-0.05, 0) is 6.07 Å². The topological polar surface area (TPSA) is 0 Å². The van der Waals surface area contributed by atoms with Crippen molar-refractivity contribution in [2.24, 2.45) is 0 Å². The van der Waals surface area contributed by atoms with Gasteiger partial charge in [0.15, 0.2) is 0 Å². The van der Waals surface area contributed by atoms with Crippen molar-refractivity contribution in [1.29, 1.82) is 0 Å². The van der Waals surface area contributed by atoms with Crippen LogP contribution in [0, 0.1) is 120 Å². The Hall–Kier alpha value is 1.94. The Morgan fingerprint density at radius 2 is 1.75 bits per heavy atom. The van der Waals surface area contributed by atoms with Crippen molar-refractivity contribution in [2.45, 2.75) is 19.8 Å². The minimum atomic E-state index is 0. The summed E-state index contributed by atoms with van der Waals surface area (Å²) in [7, 11) is 0. The molecule has 3 heteroatoms. The first kappa shape index (κ1) is 26.5. The van der Waals surface area contributed by atoms with Crippen LogP contribution >= 0.6 is 0 Å². The molecule has 16 heavy (non-hydrogen) atoms. The van der Waals surface area contributed by atoms with E-state index < -0.39 is 0 Å². The Morgan fingerprint density at radius 3 is 2.25 bits per heavy atom. The summed E-state index contributed by atoms with van der Waals surface area (Å²) in [5, 5.41) is 0. The third-order valence-corrected chi connectivity index (χ3v) is 1.69. The minimum absolute atomic E-state index is 0. The third-order valence-electron chi connectivity index (χ3n) is 1.69. The van der Waals surface area contributed by atoms with Gasteiger partial charge in [-0.3, -0.25) is 0 Å². The Kier molecular flexibility index (Phi) is 28.0. The molecule has 1 aromatic rings. The van der Waals surface area contributed by atoms with Crippen LogP contribution in [-0.4, -0.2) is 0 Å². The summed E-state index contributed by atoms with van der Waals surface area (Å²) in [5.41, 5.74) is 2.35. The van der Waals surface area contributed by atoms with Crippen LogP contribution in [0.4, 0.5) is 0 Å². The summed E-state index contributed by atoms with van der Waals surface area (Å²) in [6.07, 6.45) is 1.72. The first-order valence-corrected chi connectivity index (χ1v) is 4.24. The molecule has 0 fully saturated rings. The average molecular weight is 886 g/mol. The molecule has 0 aliphatic heterocycles. The van der Waals surface area contributed by atoms with E-state index in [9.17, 15) is 0 Å². The molecule has 1 rings (SSSR count). The molecule has 0 saturated heterocycles. The third kappa shape index (κ3) is 9.91. The SMILES string of the molecule is [CH2-]Cc1ccccc1C#CCC.[CH3-].[U+2].[U].[U]. The largest absolute Gasteiger partial charge is 2.00 e. The zero-order valence-electron chi connectivity index (χ0n) is 9.93. The van der Waals surface area contributed by atoms with Crippen molar-refractivity contribution in [3.63, 3.8) is 0 Å². The molecular formula is C13H16U3. The van der Waals surface area contributed by atoms with Crippen LogP contribution in [0.15, 0.2) is 24.3 Å². The fraction of sp³-hybridized carbons (Fsp3) is 0.231. The molecule has 0 nitrogen and oxygen atoms in total. The Balaban J connectivity index is -0.000000180. The van der Waals surface area contributed by atoms with Gasteiger partial charge < -0.3 is 14.4 Å². The van der Waals surface area contributed by atoms with Crippen LogP contribution in [0.2, 0.25) is 0 Å². The Labute approximate surface area is 172 Å². The molecule has 0 aliphatic rings. The summed E-state index contributed by atoms with van der Waals surface area (Å²) in [4.78, 5) is 0. The van der Waals surface area contributed by atoms with Gasteiger partial charge in [-0.25, -0.2) is 0 Å². The zero-order chi connectivity index (χ0) is 8.81. The van der Waals surface area contributed by atoms with E-state index in [4.69, 9.17) is 0 Å². The molecule has 0 aliphatic carbocycles. The molecule has 0 bridgehead atoms. The molecule has 0 amide bonds. The smallest absolute Gasteiger partial charge is 0.358 e. The first-order valence-electron chi connectivity index (χ1n) is 4.24. The van der Waals surface area contributed by atoms with Gasteiger partial charge in [0.05, 0.1) is 0 Å². The Morgan fingerprint density at radius 1 is 1.19 bits per heavy atom. The summed E-state index contributed by atoms with van der Waals surface area (Å²) >= 11 is 0. The maximum absolute atomic E-state index is 3.86. The van der Waals surface area contributed by atoms with Crippen LogP contribution < -0.4 is 0 Å². The van der Waals surface area contributed by atoms with Gasteiger partial charge in [-0.15, -0.1) is 0 Å². The van der Waals surface area contributed by atoms with E-state index >= 15 is 0 Å². The quantitative estimate of drug-likeness (QED) is 0.301. The van der Waals surface area contributed by atoms with Gasteiger partial charge in [0.25, 0.3) is 0 Å². The van der Waals surface area contributed by atoms with Crippen LogP contribution in [0.1, 0.15) is 24.5 Å². The van der Waals surface area contributed by atoms with E-state index in [2.05, 4.69) is 31.8 Å². The normalized spacial score (nSPS) is 6.62. The first-order chi connectivity index (χ1) is 5.88. The maximum atomic E-state index is 3.86. The molecule has 0 unspecified atom stereocenters. The molecule has 0 atom stereocenters. The van der Waals surface area contributed by atoms with Gasteiger partial charge in [-0.1, -0.05) is 42.5 Å². The van der Waals surface area contributed by atoms with Gasteiger partial charge in [-0.2, -0.15) is 6.42 Å². The standard InChI is InChI=1S/C12H13.CH3.3U/c1-3-5-8-12-10-7-6-9-11(12)4-2;;;;/h6-7,9-10H,2-4H2,1H3;1H3;;;/q2*-1;;;+2. The van der Waals surface area contributed by atoms with Crippen LogP contribution in [0.3, 0.4) is 0 Å². The van der Waals surface area contributed by atoms with E-state index in [0.717, 1.165) is 18.4 Å². The predicted molar refractivity (Wildman–Crippen MR) is 59.1 cm³/mol. The fourth-order valence-corrected chi connectivity index (χ4v) is 1.04. The van der Waals surface area contributed by atoms with Crippen molar-refractivity contribution in [1.82, 2.24) is 0 Å². The second-order valence-electron chi connectivity index (χ2n) is 2.56. The second kappa shape index (κ2) is 16.9. The molecule has 0 saturated carbocycles. The summed E-state index contributed by atoms with van der Waals surface area (Å²) < 4.78 is 0. The Bertz CT molecular complexity index is 310. The van der Waals surface area contributed by atoms with E-state index in [0.29, 0.717) is 0 Å². The summed E-state index contributed by atoms with van der Waals surface area (Å²) in [6.45, 7) is 5.91. The summed E-state index contributed by atoms with van der Waals surface area (Å²) in [5.74, 6) is 6.19. The van der Waals surface area contributed by atoms with Crippen molar-refractivity contribution >= 4 is 0 Å². The van der Waals surface area contributed by atoms with Crippen molar-refractivity contribution in [2.75, 3.05) is 0 Å².